The van der Waals surface area contributed by atoms with E-state index in [1.54, 1.807) is 0 Å². The van der Waals surface area contributed by atoms with Gasteiger partial charge >= 0.3 is 0 Å². The van der Waals surface area contributed by atoms with Crippen LogP contribution in [0.2, 0.25) is 0 Å². The SMILES string of the molecule is CCOc1ccccc1CNC(=O)[C@@H]1CCCN(S(=O)(=O)CCCc2ccccc2)C1. The van der Waals surface area contributed by atoms with Crippen molar-refractivity contribution in [3.8, 4) is 5.75 Å². The molecule has 0 bridgehead atoms. The fourth-order valence-corrected chi connectivity index (χ4v) is 5.50. The fourth-order valence-electron chi connectivity index (χ4n) is 3.91. The Balaban J connectivity index is 1.51. The third kappa shape index (κ3) is 6.80. The highest BCUT2D eigenvalue weighted by molar-refractivity contribution is 7.89. The maximum Gasteiger partial charge on any atom is 0.224 e. The number of para-hydroxylation sites is 1. The van der Waals surface area contributed by atoms with Crippen molar-refractivity contribution in [1.29, 1.82) is 0 Å². The monoisotopic (exact) mass is 444 g/mol. The minimum Gasteiger partial charge on any atom is -0.494 e. The van der Waals surface area contributed by atoms with E-state index in [2.05, 4.69) is 5.32 Å². The lowest BCUT2D eigenvalue weighted by molar-refractivity contribution is -0.126. The first-order chi connectivity index (χ1) is 15.0. The summed E-state index contributed by atoms with van der Waals surface area (Å²) in [6.07, 6.45) is 2.71. The molecule has 31 heavy (non-hydrogen) atoms. The van der Waals surface area contributed by atoms with Crippen LogP contribution >= 0.6 is 0 Å². The van der Waals surface area contributed by atoms with Gasteiger partial charge in [0.1, 0.15) is 5.75 Å². The second-order valence-electron chi connectivity index (χ2n) is 7.86. The minimum atomic E-state index is -3.37. The van der Waals surface area contributed by atoms with Gasteiger partial charge in [-0.05, 0) is 44.2 Å². The van der Waals surface area contributed by atoms with Crippen molar-refractivity contribution >= 4 is 15.9 Å². The van der Waals surface area contributed by atoms with Gasteiger partial charge in [0.2, 0.25) is 15.9 Å². The molecule has 1 heterocycles. The highest BCUT2D eigenvalue weighted by atomic mass is 32.2. The van der Waals surface area contributed by atoms with Crippen LogP contribution in [-0.2, 0) is 27.8 Å². The Bertz CT molecular complexity index is 947. The molecule has 0 aromatic heterocycles. The van der Waals surface area contributed by atoms with Crippen LogP contribution in [-0.4, -0.2) is 44.1 Å². The predicted octanol–water partition coefficient (Wildman–Crippen LogP) is 3.38. The molecular formula is C24H32N2O4S. The molecular weight excluding hydrogens is 412 g/mol. The molecule has 6 nitrogen and oxygen atoms in total. The average Bonchev–Trinajstić information content (AvgIpc) is 2.79. The molecule has 1 amide bonds. The molecule has 1 N–H and O–H groups in total. The summed E-state index contributed by atoms with van der Waals surface area (Å²) in [5.41, 5.74) is 2.06. The highest BCUT2D eigenvalue weighted by Crippen LogP contribution is 2.22. The number of nitrogens with zero attached hydrogens (tertiary/aromatic N) is 1. The van der Waals surface area contributed by atoms with Crippen LogP contribution in [0, 0.1) is 5.92 Å². The number of aryl methyl sites for hydroxylation is 1. The van der Waals surface area contributed by atoms with Crippen LogP contribution in [0.4, 0.5) is 0 Å². The summed E-state index contributed by atoms with van der Waals surface area (Å²) < 4.78 is 32.7. The van der Waals surface area contributed by atoms with E-state index in [1.165, 1.54) is 4.31 Å². The third-order valence-corrected chi connectivity index (χ3v) is 7.51. The van der Waals surface area contributed by atoms with Crippen LogP contribution in [0.25, 0.3) is 0 Å². The molecule has 1 fully saturated rings. The van der Waals surface area contributed by atoms with E-state index >= 15 is 0 Å². The first kappa shape index (κ1) is 23.3. The molecule has 1 saturated heterocycles. The largest absolute Gasteiger partial charge is 0.494 e. The normalized spacial score (nSPS) is 17.3. The van der Waals surface area contributed by atoms with E-state index in [0.717, 1.165) is 23.3 Å². The number of benzene rings is 2. The molecule has 0 radical (unpaired) electrons. The number of amides is 1. The van der Waals surface area contributed by atoms with E-state index in [-0.39, 0.29) is 24.1 Å². The van der Waals surface area contributed by atoms with Crippen molar-refractivity contribution < 1.29 is 17.9 Å². The summed E-state index contributed by atoms with van der Waals surface area (Å²) in [6, 6.07) is 17.5. The summed E-state index contributed by atoms with van der Waals surface area (Å²) in [6.45, 7) is 3.60. The summed E-state index contributed by atoms with van der Waals surface area (Å²) >= 11 is 0. The molecule has 0 saturated carbocycles. The first-order valence-electron chi connectivity index (χ1n) is 11.0. The van der Waals surface area contributed by atoms with Crippen molar-refractivity contribution in [2.75, 3.05) is 25.4 Å². The van der Waals surface area contributed by atoms with Crippen molar-refractivity contribution in [3.05, 3.63) is 65.7 Å². The fraction of sp³-hybridized carbons (Fsp3) is 0.458. The second kappa shape index (κ2) is 11.3. The lowest BCUT2D eigenvalue weighted by Gasteiger charge is -2.31. The third-order valence-electron chi connectivity index (χ3n) is 5.58. The van der Waals surface area contributed by atoms with Gasteiger partial charge in [-0.3, -0.25) is 4.79 Å². The van der Waals surface area contributed by atoms with E-state index in [1.807, 2.05) is 61.5 Å². The lowest BCUT2D eigenvalue weighted by atomic mass is 9.98. The summed E-state index contributed by atoms with van der Waals surface area (Å²) in [5.74, 6) is 0.446. The number of carbonyl (C=O) groups is 1. The van der Waals surface area contributed by atoms with Crippen LogP contribution in [0.3, 0.4) is 0 Å². The minimum absolute atomic E-state index is 0.101. The number of hydrogen-bond donors (Lipinski definition) is 1. The molecule has 7 heteroatoms. The summed E-state index contributed by atoms with van der Waals surface area (Å²) in [7, 11) is -3.37. The topological polar surface area (TPSA) is 75.7 Å². The van der Waals surface area contributed by atoms with Crippen molar-refractivity contribution in [2.45, 2.75) is 39.2 Å². The Morgan fingerprint density at radius 2 is 1.87 bits per heavy atom. The first-order valence-corrected chi connectivity index (χ1v) is 12.6. The number of carbonyl (C=O) groups excluding carboxylic acids is 1. The van der Waals surface area contributed by atoms with Crippen molar-refractivity contribution in [2.24, 2.45) is 5.92 Å². The molecule has 2 aromatic rings. The molecule has 1 aliphatic heterocycles. The van der Waals surface area contributed by atoms with Crippen LogP contribution in [0.15, 0.2) is 54.6 Å². The standard InChI is InChI=1S/C24H32N2O4S/c1-2-30-23-15-7-6-13-21(23)18-25-24(27)22-14-8-16-26(19-22)31(28,29)17-9-12-20-10-4-3-5-11-20/h3-7,10-11,13,15,22H,2,8-9,12,14,16-19H2,1H3,(H,25,27)/t22-/m1/s1. The number of sulfonamides is 1. The maximum absolute atomic E-state index is 12.8. The van der Waals surface area contributed by atoms with E-state index < -0.39 is 10.0 Å². The maximum atomic E-state index is 12.8. The van der Waals surface area contributed by atoms with Gasteiger partial charge in [0.15, 0.2) is 0 Å². The predicted molar refractivity (Wildman–Crippen MR) is 122 cm³/mol. The van der Waals surface area contributed by atoms with Gasteiger partial charge in [0.05, 0.1) is 18.3 Å². The number of ether oxygens (including phenoxy) is 1. The van der Waals surface area contributed by atoms with Crippen LogP contribution < -0.4 is 10.1 Å². The van der Waals surface area contributed by atoms with Gasteiger partial charge in [-0.15, -0.1) is 0 Å². The number of piperidine rings is 1. The summed E-state index contributed by atoms with van der Waals surface area (Å²) in [5, 5.41) is 2.96. The van der Waals surface area contributed by atoms with Crippen LogP contribution in [0.5, 0.6) is 5.75 Å². The molecule has 168 valence electrons. The zero-order valence-electron chi connectivity index (χ0n) is 18.1. The Morgan fingerprint density at radius 3 is 2.65 bits per heavy atom. The summed E-state index contributed by atoms with van der Waals surface area (Å²) in [4.78, 5) is 12.7. The quantitative estimate of drug-likeness (QED) is 0.610. The van der Waals surface area contributed by atoms with E-state index in [0.29, 0.717) is 39.0 Å². The van der Waals surface area contributed by atoms with Crippen molar-refractivity contribution in [3.63, 3.8) is 0 Å². The molecule has 0 unspecified atom stereocenters. The molecule has 0 spiro atoms. The lowest BCUT2D eigenvalue weighted by Crippen LogP contribution is -2.46. The average molecular weight is 445 g/mol. The zero-order valence-corrected chi connectivity index (χ0v) is 18.9. The van der Waals surface area contributed by atoms with Gasteiger partial charge in [0, 0.05) is 25.2 Å². The van der Waals surface area contributed by atoms with E-state index in [9.17, 15) is 13.2 Å². The van der Waals surface area contributed by atoms with Gasteiger partial charge in [0.25, 0.3) is 0 Å². The van der Waals surface area contributed by atoms with Gasteiger partial charge in [-0.1, -0.05) is 48.5 Å². The molecule has 0 aliphatic carbocycles. The Hall–Kier alpha value is -2.38. The Morgan fingerprint density at radius 1 is 1.13 bits per heavy atom. The molecule has 1 atom stereocenters. The zero-order chi connectivity index (χ0) is 22.1. The Labute approximate surface area is 185 Å². The van der Waals surface area contributed by atoms with Gasteiger partial charge in [-0.25, -0.2) is 12.7 Å². The van der Waals surface area contributed by atoms with E-state index in [4.69, 9.17) is 4.74 Å². The number of hydrogen-bond acceptors (Lipinski definition) is 4. The van der Waals surface area contributed by atoms with Gasteiger partial charge < -0.3 is 10.1 Å². The molecule has 2 aromatic carbocycles. The van der Waals surface area contributed by atoms with Crippen LogP contribution in [0.1, 0.15) is 37.3 Å². The van der Waals surface area contributed by atoms with Gasteiger partial charge in [-0.2, -0.15) is 0 Å². The number of nitrogens with one attached hydrogen (secondary N) is 1. The Kier molecular flexibility index (Phi) is 8.49. The highest BCUT2D eigenvalue weighted by Gasteiger charge is 2.32. The van der Waals surface area contributed by atoms with Crippen molar-refractivity contribution in [1.82, 2.24) is 9.62 Å². The molecule has 1 aliphatic rings. The smallest absolute Gasteiger partial charge is 0.224 e. The molecule has 3 rings (SSSR count). The second-order valence-corrected chi connectivity index (χ2v) is 9.95. The number of rotatable bonds is 10.